The van der Waals surface area contributed by atoms with Gasteiger partial charge in [-0.25, -0.2) is 8.42 Å². The molecule has 7 heteroatoms. The van der Waals surface area contributed by atoms with Crippen molar-refractivity contribution >= 4 is 27.5 Å². The molecule has 1 amide bonds. The van der Waals surface area contributed by atoms with E-state index in [4.69, 9.17) is 11.6 Å². The van der Waals surface area contributed by atoms with Crippen LogP contribution in [0.5, 0.6) is 0 Å². The van der Waals surface area contributed by atoms with E-state index in [9.17, 15) is 13.2 Å². The first-order chi connectivity index (χ1) is 13.8. The Bertz CT molecular complexity index is 968. The molecule has 0 N–H and O–H groups in total. The van der Waals surface area contributed by atoms with Crippen LogP contribution in [0, 0.1) is 0 Å². The van der Waals surface area contributed by atoms with Crippen molar-refractivity contribution in [2.45, 2.75) is 50.6 Å². The fourth-order valence-corrected chi connectivity index (χ4v) is 5.19. The first-order valence-corrected chi connectivity index (χ1v) is 11.8. The topological polar surface area (TPSA) is 57.7 Å². The fourth-order valence-electron chi connectivity index (χ4n) is 3.56. The van der Waals surface area contributed by atoms with E-state index in [2.05, 4.69) is 0 Å². The molecule has 29 heavy (non-hydrogen) atoms. The van der Waals surface area contributed by atoms with Crippen LogP contribution in [0.2, 0.25) is 5.02 Å². The molecular formula is C22H27ClN2O3S. The second-order valence-corrected chi connectivity index (χ2v) is 9.66. The largest absolute Gasteiger partial charge is 0.329 e. The Balaban J connectivity index is 1.92. The number of hydrogen-bond acceptors (Lipinski definition) is 3. The average molecular weight is 435 g/mol. The van der Waals surface area contributed by atoms with Gasteiger partial charge in [0.2, 0.25) is 10.0 Å². The van der Waals surface area contributed by atoms with Gasteiger partial charge in [-0.2, -0.15) is 4.31 Å². The molecule has 3 rings (SSSR count). The third-order valence-corrected chi connectivity index (χ3v) is 7.67. The van der Waals surface area contributed by atoms with E-state index in [0.29, 0.717) is 23.7 Å². The van der Waals surface area contributed by atoms with Gasteiger partial charge in [0.15, 0.2) is 0 Å². The highest BCUT2D eigenvalue weighted by Crippen LogP contribution is 2.36. The minimum atomic E-state index is -3.62. The molecule has 1 fully saturated rings. The number of halogens is 1. The quantitative estimate of drug-likeness (QED) is 0.603. The van der Waals surface area contributed by atoms with Crippen LogP contribution in [-0.2, 0) is 10.0 Å². The van der Waals surface area contributed by atoms with E-state index in [1.807, 2.05) is 36.1 Å². The summed E-state index contributed by atoms with van der Waals surface area (Å²) >= 11 is 6.00. The predicted octanol–water partition coefficient (Wildman–Crippen LogP) is 4.74. The zero-order valence-corrected chi connectivity index (χ0v) is 18.6. The van der Waals surface area contributed by atoms with Crippen LogP contribution in [-0.4, -0.2) is 42.7 Å². The summed E-state index contributed by atoms with van der Waals surface area (Å²) in [7, 11) is -3.62. The van der Waals surface area contributed by atoms with Crippen molar-refractivity contribution in [1.82, 2.24) is 9.21 Å². The molecule has 0 aromatic heterocycles. The number of carbonyl (C=O) groups is 1. The SMILES string of the molecule is CCN(CC)S(=O)(=O)c1cccc(C(=O)N(C2CC2)C(C)c2ccc(Cl)cc2)c1. The summed E-state index contributed by atoms with van der Waals surface area (Å²) in [5.74, 6) is -0.147. The van der Waals surface area contributed by atoms with Gasteiger partial charge in [-0.3, -0.25) is 4.79 Å². The Morgan fingerprint density at radius 1 is 1.10 bits per heavy atom. The molecule has 0 radical (unpaired) electrons. The second kappa shape index (κ2) is 8.86. The maximum Gasteiger partial charge on any atom is 0.254 e. The van der Waals surface area contributed by atoms with Crippen molar-refractivity contribution in [3.63, 3.8) is 0 Å². The molecule has 2 aromatic rings. The van der Waals surface area contributed by atoms with Crippen LogP contribution in [0.4, 0.5) is 0 Å². The molecule has 5 nitrogen and oxygen atoms in total. The first kappa shape index (κ1) is 21.8. The molecule has 2 aromatic carbocycles. The van der Waals surface area contributed by atoms with Crippen molar-refractivity contribution in [3.05, 3.63) is 64.7 Å². The highest BCUT2D eigenvalue weighted by Gasteiger charge is 2.37. The van der Waals surface area contributed by atoms with Gasteiger partial charge in [0.1, 0.15) is 0 Å². The van der Waals surface area contributed by atoms with E-state index >= 15 is 0 Å². The van der Waals surface area contributed by atoms with Crippen molar-refractivity contribution in [3.8, 4) is 0 Å². The Kier molecular flexibility index (Phi) is 6.66. The van der Waals surface area contributed by atoms with Crippen molar-refractivity contribution in [1.29, 1.82) is 0 Å². The highest BCUT2D eigenvalue weighted by atomic mass is 35.5. The zero-order chi connectivity index (χ0) is 21.2. The smallest absolute Gasteiger partial charge is 0.254 e. The summed E-state index contributed by atoms with van der Waals surface area (Å²) in [4.78, 5) is 15.4. The van der Waals surface area contributed by atoms with Gasteiger partial charge < -0.3 is 4.90 Å². The summed E-state index contributed by atoms with van der Waals surface area (Å²) in [5.41, 5.74) is 1.40. The molecule has 0 saturated heterocycles. The van der Waals surface area contributed by atoms with Gasteiger partial charge in [0, 0.05) is 29.7 Å². The molecule has 1 saturated carbocycles. The molecule has 0 aliphatic heterocycles. The number of rotatable bonds is 8. The molecule has 1 aliphatic carbocycles. The van der Waals surface area contributed by atoms with E-state index in [1.54, 1.807) is 32.0 Å². The van der Waals surface area contributed by atoms with Gasteiger partial charge in [0.05, 0.1) is 10.9 Å². The van der Waals surface area contributed by atoms with Crippen LogP contribution in [0.3, 0.4) is 0 Å². The lowest BCUT2D eigenvalue weighted by atomic mass is 10.1. The Hall–Kier alpha value is -1.89. The molecule has 1 unspecified atom stereocenters. The van der Waals surface area contributed by atoms with Crippen molar-refractivity contribution in [2.75, 3.05) is 13.1 Å². The van der Waals surface area contributed by atoms with Gasteiger partial charge in [-0.1, -0.05) is 43.6 Å². The third kappa shape index (κ3) is 4.65. The van der Waals surface area contributed by atoms with Crippen LogP contribution < -0.4 is 0 Å². The summed E-state index contributed by atoms with van der Waals surface area (Å²) in [5, 5.41) is 0.652. The lowest BCUT2D eigenvalue weighted by molar-refractivity contribution is 0.0673. The highest BCUT2D eigenvalue weighted by molar-refractivity contribution is 7.89. The summed E-state index contributed by atoms with van der Waals surface area (Å²) in [6, 6.07) is 13.9. The fraction of sp³-hybridized carbons (Fsp3) is 0.409. The number of carbonyl (C=O) groups excluding carboxylic acids is 1. The maximum atomic E-state index is 13.4. The van der Waals surface area contributed by atoms with Crippen LogP contribution in [0.25, 0.3) is 0 Å². The lowest BCUT2D eigenvalue weighted by Crippen LogP contribution is -2.36. The zero-order valence-electron chi connectivity index (χ0n) is 17.0. The van der Waals surface area contributed by atoms with Gasteiger partial charge >= 0.3 is 0 Å². The Labute approximate surface area is 178 Å². The molecule has 0 bridgehead atoms. The van der Waals surface area contributed by atoms with E-state index in [-0.39, 0.29) is 22.9 Å². The standard InChI is InChI=1S/C22H27ClN2O3S/c1-4-24(5-2)29(27,28)21-8-6-7-18(15-21)22(26)25(20-13-14-20)16(3)17-9-11-19(23)12-10-17/h6-12,15-16,20H,4-5,13-14H2,1-3H3. The van der Waals surface area contributed by atoms with Gasteiger partial charge in [-0.05, 0) is 55.7 Å². The van der Waals surface area contributed by atoms with Crippen LogP contribution in [0.1, 0.15) is 55.6 Å². The number of benzene rings is 2. The molecular weight excluding hydrogens is 408 g/mol. The lowest BCUT2D eigenvalue weighted by Gasteiger charge is -2.30. The monoisotopic (exact) mass is 434 g/mol. The molecule has 1 aliphatic rings. The minimum absolute atomic E-state index is 0.129. The second-order valence-electron chi connectivity index (χ2n) is 7.29. The van der Waals surface area contributed by atoms with Crippen molar-refractivity contribution < 1.29 is 13.2 Å². The third-order valence-electron chi connectivity index (χ3n) is 5.37. The Morgan fingerprint density at radius 3 is 2.28 bits per heavy atom. The number of hydrogen-bond donors (Lipinski definition) is 0. The number of nitrogens with zero attached hydrogens (tertiary/aromatic N) is 2. The molecule has 156 valence electrons. The van der Waals surface area contributed by atoms with Crippen LogP contribution >= 0.6 is 11.6 Å². The minimum Gasteiger partial charge on any atom is -0.329 e. The van der Waals surface area contributed by atoms with Gasteiger partial charge in [0.25, 0.3) is 5.91 Å². The van der Waals surface area contributed by atoms with E-state index in [1.165, 1.54) is 10.4 Å². The van der Waals surface area contributed by atoms with Crippen LogP contribution in [0.15, 0.2) is 53.4 Å². The summed E-state index contributed by atoms with van der Waals surface area (Å²) in [6.07, 6.45) is 1.92. The Morgan fingerprint density at radius 2 is 1.72 bits per heavy atom. The predicted molar refractivity (Wildman–Crippen MR) is 116 cm³/mol. The van der Waals surface area contributed by atoms with Crippen molar-refractivity contribution in [2.24, 2.45) is 0 Å². The number of amides is 1. The summed E-state index contributed by atoms with van der Waals surface area (Å²) in [6.45, 7) is 6.38. The normalized spacial score (nSPS) is 15.3. The number of sulfonamides is 1. The molecule has 0 spiro atoms. The first-order valence-electron chi connectivity index (χ1n) is 9.98. The summed E-state index contributed by atoms with van der Waals surface area (Å²) < 4.78 is 27.1. The van der Waals surface area contributed by atoms with E-state index in [0.717, 1.165) is 18.4 Å². The maximum absolute atomic E-state index is 13.4. The van der Waals surface area contributed by atoms with Gasteiger partial charge in [-0.15, -0.1) is 0 Å². The molecule has 0 heterocycles. The average Bonchev–Trinajstić information content (AvgIpc) is 3.54. The molecule has 1 atom stereocenters. The van der Waals surface area contributed by atoms with E-state index < -0.39 is 10.0 Å².